The number of rotatable bonds is 8. The minimum atomic E-state index is -0.681. The third-order valence-corrected chi connectivity index (χ3v) is 2.43. The molecule has 120 valence electrons. The highest BCUT2D eigenvalue weighted by Gasteiger charge is 2.18. The van der Waals surface area contributed by atoms with E-state index in [9.17, 15) is 14.4 Å². The smallest absolute Gasteiger partial charge is 0.407 e. The van der Waals surface area contributed by atoms with Gasteiger partial charge in [-0.3, -0.25) is 0 Å². The van der Waals surface area contributed by atoms with E-state index in [1.54, 1.807) is 13.8 Å². The molecule has 0 saturated carbocycles. The van der Waals surface area contributed by atoms with Gasteiger partial charge < -0.3 is 19.5 Å². The highest BCUT2D eigenvalue weighted by molar-refractivity contribution is 5.91. The number of amides is 1. The molecule has 0 radical (unpaired) electrons. The summed E-state index contributed by atoms with van der Waals surface area (Å²) in [5, 5.41) is 2.60. The molecule has 0 aromatic heterocycles. The first-order valence-electron chi connectivity index (χ1n) is 6.85. The van der Waals surface area contributed by atoms with Crippen LogP contribution in [0.4, 0.5) is 4.79 Å². The van der Waals surface area contributed by atoms with Crippen molar-refractivity contribution in [2.24, 2.45) is 5.92 Å². The Labute approximate surface area is 124 Å². The largest absolute Gasteiger partial charge is 0.463 e. The number of hydrogen-bond donors (Lipinski definition) is 1. The number of carbonyl (C=O) groups is 3. The van der Waals surface area contributed by atoms with Crippen molar-refractivity contribution >= 4 is 18.0 Å². The molecule has 0 aromatic carbocycles. The van der Waals surface area contributed by atoms with Gasteiger partial charge in [0.1, 0.15) is 6.61 Å². The first-order chi connectivity index (χ1) is 9.90. The summed E-state index contributed by atoms with van der Waals surface area (Å²) in [4.78, 5) is 33.8. The fraction of sp³-hybridized carbons (Fsp3) is 0.643. The normalized spacial score (nSPS) is 12.0. The molecule has 1 atom stereocenters. The van der Waals surface area contributed by atoms with Gasteiger partial charge in [0.15, 0.2) is 0 Å². The number of ether oxygens (including phenoxy) is 3. The van der Waals surface area contributed by atoms with E-state index >= 15 is 0 Å². The van der Waals surface area contributed by atoms with Crippen molar-refractivity contribution in [3.8, 4) is 0 Å². The molecular weight excluding hydrogens is 278 g/mol. The summed E-state index contributed by atoms with van der Waals surface area (Å²) in [6, 6.07) is -0.371. The predicted molar refractivity (Wildman–Crippen MR) is 75.5 cm³/mol. The van der Waals surface area contributed by atoms with Crippen molar-refractivity contribution in [2.75, 3.05) is 19.8 Å². The molecule has 0 aliphatic carbocycles. The molecule has 7 nitrogen and oxygen atoms in total. The zero-order valence-electron chi connectivity index (χ0n) is 12.9. The number of esters is 2. The predicted octanol–water partition coefficient (Wildman–Crippen LogP) is 1.42. The monoisotopic (exact) mass is 301 g/mol. The molecule has 0 aromatic rings. The minimum absolute atomic E-state index is 0.0114. The number of hydrogen-bond acceptors (Lipinski definition) is 6. The summed E-state index contributed by atoms with van der Waals surface area (Å²) in [6.45, 7) is 7.60. The van der Waals surface area contributed by atoms with Crippen LogP contribution in [0, 0.1) is 5.92 Å². The molecule has 0 saturated heterocycles. The molecule has 0 heterocycles. The number of alkyl carbamates (subject to hydrolysis) is 1. The van der Waals surface area contributed by atoms with E-state index in [-0.39, 0.29) is 31.8 Å². The quantitative estimate of drug-likeness (QED) is 0.414. The van der Waals surface area contributed by atoms with Crippen molar-refractivity contribution < 1.29 is 28.6 Å². The molecule has 1 N–H and O–H groups in total. The maximum atomic E-state index is 11.4. The number of nitrogens with one attached hydrogen (secondary N) is 1. The molecule has 0 aliphatic rings. The first-order valence-corrected chi connectivity index (χ1v) is 6.85. The van der Waals surface area contributed by atoms with Crippen molar-refractivity contribution in [1.29, 1.82) is 0 Å². The Morgan fingerprint density at radius 2 is 1.48 bits per heavy atom. The van der Waals surface area contributed by atoms with E-state index in [0.29, 0.717) is 0 Å². The second-order valence-electron chi connectivity index (χ2n) is 4.43. The van der Waals surface area contributed by atoms with Crippen molar-refractivity contribution in [3.05, 3.63) is 12.2 Å². The Hall–Kier alpha value is -2.05. The van der Waals surface area contributed by atoms with Gasteiger partial charge in [-0.05, 0) is 19.8 Å². The second kappa shape index (κ2) is 10.7. The Balaban J connectivity index is 4.26. The zero-order chi connectivity index (χ0) is 16.3. The SMILES string of the molecule is CCOC(=O)/C=C/C(=O)OC[C@H](NC(=O)OCC)C(C)C. The lowest BCUT2D eigenvalue weighted by atomic mass is 10.1. The van der Waals surface area contributed by atoms with Crippen molar-refractivity contribution in [2.45, 2.75) is 33.7 Å². The fourth-order valence-corrected chi connectivity index (χ4v) is 1.27. The summed E-state index contributed by atoms with van der Waals surface area (Å²) in [5.41, 5.74) is 0. The Bertz CT molecular complexity index is 378. The molecule has 0 bridgehead atoms. The van der Waals surface area contributed by atoms with Crippen LogP contribution in [0.5, 0.6) is 0 Å². The fourth-order valence-electron chi connectivity index (χ4n) is 1.27. The van der Waals surface area contributed by atoms with E-state index in [1.165, 1.54) is 0 Å². The van der Waals surface area contributed by atoms with Crippen LogP contribution in [0.15, 0.2) is 12.2 Å². The average molecular weight is 301 g/mol. The average Bonchev–Trinajstić information content (AvgIpc) is 2.41. The van der Waals surface area contributed by atoms with Crippen LogP contribution in [0.1, 0.15) is 27.7 Å². The van der Waals surface area contributed by atoms with Crippen LogP contribution >= 0.6 is 0 Å². The molecule has 1 amide bonds. The lowest BCUT2D eigenvalue weighted by molar-refractivity contribution is -0.140. The third kappa shape index (κ3) is 9.48. The summed E-state index contributed by atoms with van der Waals surface area (Å²) in [7, 11) is 0. The molecule has 0 rings (SSSR count). The molecule has 0 aliphatic heterocycles. The van der Waals surface area contributed by atoms with Crippen LogP contribution < -0.4 is 5.32 Å². The molecule has 21 heavy (non-hydrogen) atoms. The topological polar surface area (TPSA) is 90.9 Å². The second-order valence-corrected chi connectivity index (χ2v) is 4.43. The van der Waals surface area contributed by atoms with Gasteiger partial charge in [0, 0.05) is 12.2 Å². The lowest BCUT2D eigenvalue weighted by Crippen LogP contribution is -2.42. The van der Waals surface area contributed by atoms with Crippen LogP contribution in [0.25, 0.3) is 0 Å². The van der Waals surface area contributed by atoms with Gasteiger partial charge in [-0.1, -0.05) is 13.8 Å². The first kappa shape index (κ1) is 18.9. The molecule has 0 fully saturated rings. The van der Waals surface area contributed by atoms with Crippen LogP contribution in [-0.2, 0) is 23.8 Å². The van der Waals surface area contributed by atoms with Crippen molar-refractivity contribution in [1.82, 2.24) is 5.32 Å². The Morgan fingerprint density at radius 3 is 1.95 bits per heavy atom. The maximum Gasteiger partial charge on any atom is 0.407 e. The van der Waals surface area contributed by atoms with Crippen LogP contribution in [0.2, 0.25) is 0 Å². The minimum Gasteiger partial charge on any atom is -0.463 e. The Morgan fingerprint density at radius 1 is 0.952 bits per heavy atom. The highest BCUT2D eigenvalue weighted by atomic mass is 16.6. The van der Waals surface area contributed by atoms with Gasteiger partial charge in [-0.2, -0.15) is 0 Å². The zero-order valence-corrected chi connectivity index (χ0v) is 12.9. The summed E-state index contributed by atoms with van der Waals surface area (Å²) < 4.78 is 14.4. The molecule has 7 heteroatoms. The molecule has 0 unspecified atom stereocenters. The van der Waals surface area contributed by atoms with Crippen molar-refractivity contribution in [3.63, 3.8) is 0 Å². The third-order valence-electron chi connectivity index (χ3n) is 2.43. The van der Waals surface area contributed by atoms with E-state index in [0.717, 1.165) is 12.2 Å². The summed E-state index contributed by atoms with van der Waals surface area (Å²) >= 11 is 0. The van der Waals surface area contributed by atoms with Gasteiger partial charge in [-0.15, -0.1) is 0 Å². The summed E-state index contributed by atoms with van der Waals surface area (Å²) in [5.74, 6) is -1.24. The van der Waals surface area contributed by atoms with E-state index in [4.69, 9.17) is 9.47 Å². The number of carbonyl (C=O) groups excluding carboxylic acids is 3. The highest BCUT2D eigenvalue weighted by Crippen LogP contribution is 2.03. The van der Waals surface area contributed by atoms with Gasteiger partial charge >= 0.3 is 18.0 Å². The van der Waals surface area contributed by atoms with Gasteiger partial charge in [-0.25, -0.2) is 14.4 Å². The molecular formula is C14H23NO6. The standard InChI is InChI=1S/C14H23NO6/c1-5-19-12(16)7-8-13(17)21-9-11(10(3)4)15-14(18)20-6-2/h7-8,10-11H,5-6,9H2,1-4H3,(H,15,18)/b8-7+/t11-/m0/s1. The van der Waals surface area contributed by atoms with Gasteiger partial charge in [0.25, 0.3) is 0 Å². The lowest BCUT2D eigenvalue weighted by Gasteiger charge is -2.21. The maximum absolute atomic E-state index is 11.4. The van der Waals surface area contributed by atoms with Gasteiger partial charge in [0.05, 0.1) is 19.3 Å². The van der Waals surface area contributed by atoms with Gasteiger partial charge in [0.2, 0.25) is 0 Å². The Kier molecular flexibility index (Phi) is 9.66. The van der Waals surface area contributed by atoms with E-state index in [1.807, 2.05) is 13.8 Å². The summed E-state index contributed by atoms with van der Waals surface area (Å²) in [6.07, 6.45) is 1.42. The van der Waals surface area contributed by atoms with Crippen LogP contribution in [-0.4, -0.2) is 43.9 Å². The van der Waals surface area contributed by atoms with E-state index < -0.39 is 18.0 Å². The van der Waals surface area contributed by atoms with E-state index in [2.05, 4.69) is 10.1 Å². The van der Waals surface area contributed by atoms with Crippen LogP contribution in [0.3, 0.4) is 0 Å². The molecule has 0 spiro atoms.